The smallest absolute Gasteiger partial charge is 0.170 e. The van der Waals surface area contributed by atoms with Crippen molar-refractivity contribution in [3.05, 3.63) is 115 Å². The number of aromatic nitrogens is 2. The molecular weight excluding hydrogens is 445 g/mol. The average molecular weight is 472 g/mol. The van der Waals surface area contributed by atoms with Crippen LogP contribution in [-0.2, 0) is 0 Å². The number of halogens is 1. The van der Waals surface area contributed by atoms with E-state index in [1.54, 1.807) is 18.3 Å². The van der Waals surface area contributed by atoms with E-state index in [1.165, 1.54) is 6.07 Å². The van der Waals surface area contributed by atoms with Crippen molar-refractivity contribution >= 4 is 23.0 Å². The van der Waals surface area contributed by atoms with Gasteiger partial charge < -0.3 is 20.1 Å². The van der Waals surface area contributed by atoms with E-state index in [-0.39, 0.29) is 17.9 Å². The van der Waals surface area contributed by atoms with Gasteiger partial charge >= 0.3 is 0 Å². The van der Waals surface area contributed by atoms with E-state index >= 15 is 0 Å². The van der Waals surface area contributed by atoms with Crippen molar-refractivity contribution in [3.8, 4) is 5.69 Å². The number of hydrogen-bond donors (Lipinski definition) is 2. The van der Waals surface area contributed by atoms with E-state index in [1.807, 2.05) is 59.3 Å². The van der Waals surface area contributed by atoms with Crippen LogP contribution in [0.1, 0.15) is 29.9 Å². The summed E-state index contributed by atoms with van der Waals surface area (Å²) in [5.41, 5.74) is 3.84. The van der Waals surface area contributed by atoms with Crippen molar-refractivity contribution in [1.29, 1.82) is 0 Å². The number of rotatable bonds is 8. The molecule has 0 spiro atoms. The minimum atomic E-state index is -0.262. The molecule has 0 saturated carbocycles. The second-order valence-corrected chi connectivity index (χ2v) is 8.64. The molecule has 2 atom stereocenters. The SMILES string of the molecule is Fc1cccc(-n2cccc2[C@H]2[C@H](c3ccccn3)NC(=S)N2CCCNc2ccccc2)c1. The molecule has 0 unspecified atom stereocenters. The quantitative estimate of drug-likeness (QED) is 0.263. The fourth-order valence-corrected chi connectivity index (χ4v) is 4.83. The fraction of sp³-hybridized carbons (Fsp3) is 0.185. The molecule has 2 aromatic carbocycles. The van der Waals surface area contributed by atoms with Crippen LogP contribution in [0.5, 0.6) is 0 Å². The van der Waals surface area contributed by atoms with Crippen LogP contribution in [0.15, 0.2) is 97.3 Å². The minimum Gasteiger partial charge on any atom is -0.385 e. The molecule has 1 fully saturated rings. The Labute approximate surface area is 204 Å². The summed E-state index contributed by atoms with van der Waals surface area (Å²) in [5.74, 6) is -0.262. The monoisotopic (exact) mass is 471 g/mol. The molecule has 34 heavy (non-hydrogen) atoms. The van der Waals surface area contributed by atoms with Crippen LogP contribution in [0.2, 0.25) is 0 Å². The highest BCUT2D eigenvalue weighted by Crippen LogP contribution is 2.39. The van der Waals surface area contributed by atoms with Gasteiger partial charge in [-0.25, -0.2) is 4.39 Å². The molecule has 7 heteroatoms. The molecule has 3 heterocycles. The van der Waals surface area contributed by atoms with Gasteiger partial charge in [-0.2, -0.15) is 0 Å². The summed E-state index contributed by atoms with van der Waals surface area (Å²) in [6, 6.07) is 26.6. The molecule has 4 aromatic rings. The van der Waals surface area contributed by atoms with Crippen molar-refractivity contribution in [2.45, 2.75) is 18.5 Å². The van der Waals surface area contributed by atoms with E-state index in [0.29, 0.717) is 5.11 Å². The number of nitrogens with one attached hydrogen (secondary N) is 2. The molecule has 5 rings (SSSR count). The number of para-hydroxylation sites is 1. The highest BCUT2D eigenvalue weighted by atomic mass is 32.1. The summed E-state index contributed by atoms with van der Waals surface area (Å²) in [5, 5.41) is 7.67. The lowest BCUT2D eigenvalue weighted by Crippen LogP contribution is -2.32. The second-order valence-electron chi connectivity index (χ2n) is 8.25. The first-order chi connectivity index (χ1) is 16.7. The predicted octanol–water partition coefficient (Wildman–Crippen LogP) is 5.49. The van der Waals surface area contributed by atoms with E-state index in [9.17, 15) is 4.39 Å². The maximum Gasteiger partial charge on any atom is 0.170 e. The average Bonchev–Trinajstić information content (AvgIpc) is 3.47. The highest BCUT2D eigenvalue weighted by Gasteiger charge is 2.40. The van der Waals surface area contributed by atoms with E-state index in [2.05, 4.69) is 38.7 Å². The molecule has 0 aliphatic carbocycles. The Morgan fingerprint density at radius 1 is 0.971 bits per heavy atom. The van der Waals surface area contributed by atoms with Gasteiger partial charge in [-0.05, 0) is 73.2 Å². The van der Waals surface area contributed by atoms with Gasteiger partial charge in [0.15, 0.2) is 5.11 Å². The lowest BCUT2D eigenvalue weighted by molar-refractivity contribution is 0.307. The highest BCUT2D eigenvalue weighted by molar-refractivity contribution is 7.80. The Morgan fingerprint density at radius 2 is 1.82 bits per heavy atom. The number of hydrogen-bond acceptors (Lipinski definition) is 3. The summed E-state index contributed by atoms with van der Waals surface area (Å²) >= 11 is 5.79. The van der Waals surface area contributed by atoms with Gasteiger partial charge in [0.05, 0.1) is 17.8 Å². The number of pyridine rings is 1. The lowest BCUT2D eigenvalue weighted by atomic mass is 10.0. The Hall–Kier alpha value is -3.71. The van der Waals surface area contributed by atoms with Crippen molar-refractivity contribution in [2.24, 2.45) is 0 Å². The molecule has 172 valence electrons. The Morgan fingerprint density at radius 3 is 2.62 bits per heavy atom. The number of nitrogens with zero attached hydrogens (tertiary/aromatic N) is 3. The van der Waals surface area contributed by atoms with Crippen LogP contribution in [0.3, 0.4) is 0 Å². The van der Waals surface area contributed by atoms with Gasteiger partial charge in [0, 0.05) is 42.6 Å². The molecule has 2 aromatic heterocycles. The normalized spacial score (nSPS) is 17.6. The molecule has 0 amide bonds. The molecule has 1 aliphatic rings. The zero-order valence-corrected chi connectivity index (χ0v) is 19.5. The van der Waals surface area contributed by atoms with Gasteiger partial charge in [-0.15, -0.1) is 0 Å². The molecule has 0 radical (unpaired) electrons. The fourth-order valence-electron chi connectivity index (χ4n) is 4.50. The van der Waals surface area contributed by atoms with Crippen LogP contribution in [0, 0.1) is 5.82 Å². The first kappa shape index (κ1) is 22.1. The van der Waals surface area contributed by atoms with Crippen LogP contribution in [0.4, 0.5) is 10.1 Å². The van der Waals surface area contributed by atoms with Crippen LogP contribution in [0.25, 0.3) is 5.69 Å². The molecule has 5 nitrogen and oxygen atoms in total. The van der Waals surface area contributed by atoms with Gasteiger partial charge in [0.1, 0.15) is 5.82 Å². The number of thiocarbonyl (C=S) groups is 1. The molecule has 1 saturated heterocycles. The van der Waals surface area contributed by atoms with Crippen LogP contribution < -0.4 is 10.6 Å². The largest absolute Gasteiger partial charge is 0.385 e. The third-order valence-electron chi connectivity index (χ3n) is 6.05. The summed E-state index contributed by atoms with van der Waals surface area (Å²) in [4.78, 5) is 6.84. The van der Waals surface area contributed by atoms with E-state index < -0.39 is 0 Å². The molecule has 1 aliphatic heterocycles. The second kappa shape index (κ2) is 10.1. The van der Waals surface area contributed by atoms with Crippen molar-refractivity contribution in [2.75, 3.05) is 18.4 Å². The zero-order valence-electron chi connectivity index (χ0n) is 18.6. The van der Waals surface area contributed by atoms with Crippen molar-refractivity contribution < 1.29 is 4.39 Å². The van der Waals surface area contributed by atoms with Crippen LogP contribution in [-0.4, -0.2) is 32.7 Å². The van der Waals surface area contributed by atoms with Crippen molar-refractivity contribution in [3.63, 3.8) is 0 Å². The Bertz CT molecular complexity index is 1240. The molecular formula is C27H26FN5S. The minimum absolute atomic E-state index is 0.0857. The first-order valence-electron chi connectivity index (χ1n) is 11.4. The Balaban J connectivity index is 1.43. The standard InChI is InChI=1S/C27H26FN5S/c28-20-9-6-12-22(19-20)32-17-7-14-24(32)26-25(23-13-4-5-15-30-23)31-27(34)33(26)18-8-16-29-21-10-2-1-3-11-21/h1-7,9-15,17,19,25-26,29H,8,16,18H2,(H,31,34)/t25-,26-/m0/s1. The van der Waals surface area contributed by atoms with Gasteiger partial charge in [0.25, 0.3) is 0 Å². The van der Waals surface area contributed by atoms with Gasteiger partial charge in [-0.1, -0.05) is 30.3 Å². The summed E-state index contributed by atoms with van der Waals surface area (Å²) in [6.45, 7) is 1.60. The van der Waals surface area contributed by atoms with Crippen LogP contribution >= 0.6 is 12.2 Å². The number of benzene rings is 2. The maximum absolute atomic E-state index is 14.0. The van der Waals surface area contributed by atoms with E-state index in [4.69, 9.17) is 12.2 Å². The third-order valence-corrected chi connectivity index (χ3v) is 6.40. The summed E-state index contributed by atoms with van der Waals surface area (Å²) < 4.78 is 16.1. The first-order valence-corrected chi connectivity index (χ1v) is 11.8. The maximum atomic E-state index is 14.0. The van der Waals surface area contributed by atoms with E-state index in [0.717, 1.165) is 42.3 Å². The third kappa shape index (κ3) is 4.65. The van der Waals surface area contributed by atoms with Gasteiger partial charge in [0.2, 0.25) is 0 Å². The van der Waals surface area contributed by atoms with Gasteiger partial charge in [-0.3, -0.25) is 4.98 Å². The predicted molar refractivity (Wildman–Crippen MR) is 137 cm³/mol. The Kier molecular flexibility index (Phi) is 6.53. The van der Waals surface area contributed by atoms with Crippen molar-refractivity contribution in [1.82, 2.24) is 19.8 Å². The summed E-state index contributed by atoms with van der Waals surface area (Å²) in [6.07, 6.45) is 4.67. The molecule has 2 N–H and O–H groups in total. The number of anilines is 1. The zero-order chi connectivity index (χ0) is 23.3. The molecule has 0 bridgehead atoms. The summed E-state index contributed by atoms with van der Waals surface area (Å²) in [7, 11) is 0. The lowest BCUT2D eigenvalue weighted by Gasteiger charge is -2.29. The topological polar surface area (TPSA) is 45.1 Å².